The number of esters is 1. The molecule has 0 amide bonds. The average Bonchev–Trinajstić information content (AvgIpc) is 2.45. The molecule has 0 aliphatic heterocycles. The molecule has 0 aliphatic rings. The highest BCUT2D eigenvalue weighted by molar-refractivity contribution is 6.30. The van der Waals surface area contributed by atoms with E-state index in [1.54, 1.807) is 6.07 Å². The highest BCUT2D eigenvalue weighted by Gasteiger charge is 2.10. The molecule has 2 aromatic rings. The van der Waals surface area contributed by atoms with E-state index in [2.05, 4.69) is 5.32 Å². The molecule has 4 heteroatoms. The average molecular weight is 276 g/mol. The van der Waals surface area contributed by atoms with Gasteiger partial charge < -0.3 is 10.1 Å². The summed E-state index contributed by atoms with van der Waals surface area (Å²) in [6.07, 6.45) is 0. The molecular weight excluding hydrogens is 262 g/mol. The lowest BCUT2D eigenvalue weighted by atomic mass is 10.1. The van der Waals surface area contributed by atoms with E-state index in [0.717, 1.165) is 11.3 Å². The molecule has 0 aromatic heterocycles. The van der Waals surface area contributed by atoms with E-state index in [9.17, 15) is 4.79 Å². The Labute approximate surface area is 117 Å². The predicted octanol–water partition coefficient (Wildman–Crippen LogP) is 3.74. The Balaban J connectivity index is 2.13. The molecule has 0 heterocycles. The Hall–Kier alpha value is -2.00. The van der Waals surface area contributed by atoms with E-state index in [1.807, 2.05) is 42.5 Å². The summed E-state index contributed by atoms with van der Waals surface area (Å²) in [6.45, 7) is 0.533. The third-order valence-electron chi connectivity index (χ3n) is 2.73. The number of hydrogen-bond acceptors (Lipinski definition) is 3. The molecule has 0 radical (unpaired) electrons. The first kappa shape index (κ1) is 13.4. The lowest BCUT2D eigenvalue weighted by Gasteiger charge is -2.10. The number of nitrogens with one attached hydrogen (secondary N) is 1. The molecule has 98 valence electrons. The Morgan fingerprint density at radius 2 is 2.00 bits per heavy atom. The maximum Gasteiger partial charge on any atom is 0.338 e. The van der Waals surface area contributed by atoms with Gasteiger partial charge in [-0.3, -0.25) is 0 Å². The molecule has 19 heavy (non-hydrogen) atoms. The van der Waals surface area contributed by atoms with Crippen LogP contribution >= 0.6 is 11.6 Å². The van der Waals surface area contributed by atoms with Crippen LogP contribution in [0.4, 0.5) is 5.69 Å². The summed E-state index contributed by atoms with van der Waals surface area (Å²) in [5.74, 6) is -0.330. The smallest absolute Gasteiger partial charge is 0.338 e. The quantitative estimate of drug-likeness (QED) is 0.864. The predicted molar refractivity (Wildman–Crippen MR) is 76.6 cm³/mol. The van der Waals surface area contributed by atoms with Gasteiger partial charge in [-0.1, -0.05) is 35.9 Å². The third kappa shape index (κ3) is 3.48. The van der Waals surface area contributed by atoms with Crippen molar-refractivity contribution in [3.63, 3.8) is 0 Å². The van der Waals surface area contributed by atoms with Crippen molar-refractivity contribution >= 4 is 23.3 Å². The summed E-state index contributed by atoms with van der Waals surface area (Å²) in [7, 11) is 1.38. The van der Waals surface area contributed by atoms with Gasteiger partial charge in [0.2, 0.25) is 0 Å². The minimum Gasteiger partial charge on any atom is -0.465 e. The monoisotopic (exact) mass is 275 g/mol. The molecule has 0 fully saturated rings. The second-order valence-corrected chi connectivity index (χ2v) is 4.45. The first-order chi connectivity index (χ1) is 9.20. The van der Waals surface area contributed by atoms with Gasteiger partial charge >= 0.3 is 5.97 Å². The molecule has 0 unspecified atom stereocenters. The molecule has 0 aliphatic carbocycles. The summed E-state index contributed by atoms with van der Waals surface area (Å²) in [5, 5.41) is 3.90. The van der Waals surface area contributed by atoms with E-state index in [4.69, 9.17) is 16.3 Å². The highest BCUT2D eigenvalue weighted by atomic mass is 35.5. The Morgan fingerprint density at radius 1 is 1.21 bits per heavy atom. The molecular formula is C15H14ClNO2. The van der Waals surface area contributed by atoms with E-state index in [-0.39, 0.29) is 5.97 Å². The van der Waals surface area contributed by atoms with Gasteiger partial charge in [-0.15, -0.1) is 0 Å². The van der Waals surface area contributed by atoms with Crippen molar-refractivity contribution < 1.29 is 9.53 Å². The number of anilines is 1. The first-order valence-corrected chi connectivity index (χ1v) is 6.24. The SMILES string of the molecule is COC(=O)c1ccccc1CNc1cccc(Cl)c1. The van der Waals surface area contributed by atoms with Crippen LogP contribution in [0.1, 0.15) is 15.9 Å². The van der Waals surface area contributed by atoms with Crippen molar-refractivity contribution in [2.24, 2.45) is 0 Å². The zero-order chi connectivity index (χ0) is 13.7. The zero-order valence-electron chi connectivity index (χ0n) is 10.5. The van der Waals surface area contributed by atoms with E-state index in [0.29, 0.717) is 17.1 Å². The fourth-order valence-electron chi connectivity index (χ4n) is 1.78. The van der Waals surface area contributed by atoms with Gasteiger partial charge in [0.25, 0.3) is 0 Å². The van der Waals surface area contributed by atoms with Gasteiger partial charge in [0.05, 0.1) is 12.7 Å². The summed E-state index contributed by atoms with van der Waals surface area (Å²) in [4.78, 5) is 11.6. The third-order valence-corrected chi connectivity index (χ3v) is 2.97. The van der Waals surface area contributed by atoms with Crippen molar-refractivity contribution in [1.82, 2.24) is 0 Å². The largest absolute Gasteiger partial charge is 0.465 e. The minimum absolute atomic E-state index is 0.330. The van der Waals surface area contributed by atoms with Crippen LogP contribution in [-0.2, 0) is 11.3 Å². The zero-order valence-corrected chi connectivity index (χ0v) is 11.3. The molecule has 2 aromatic carbocycles. The lowest BCUT2D eigenvalue weighted by molar-refractivity contribution is 0.0599. The maximum absolute atomic E-state index is 11.6. The fourth-order valence-corrected chi connectivity index (χ4v) is 1.97. The highest BCUT2D eigenvalue weighted by Crippen LogP contribution is 2.17. The van der Waals surface area contributed by atoms with Gasteiger partial charge in [0.1, 0.15) is 0 Å². The van der Waals surface area contributed by atoms with Crippen molar-refractivity contribution in [2.45, 2.75) is 6.54 Å². The van der Waals surface area contributed by atoms with Crippen LogP contribution in [0.2, 0.25) is 5.02 Å². The minimum atomic E-state index is -0.330. The molecule has 3 nitrogen and oxygen atoms in total. The number of hydrogen-bond donors (Lipinski definition) is 1. The van der Waals surface area contributed by atoms with Crippen LogP contribution in [-0.4, -0.2) is 13.1 Å². The van der Waals surface area contributed by atoms with Crippen LogP contribution in [0.25, 0.3) is 0 Å². The number of ether oxygens (including phenoxy) is 1. The van der Waals surface area contributed by atoms with Gasteiger partial charge in [-0.2, -0.15) is 0 Å². The maximum atomic E-state index is 11.6. The Morgan fingerprint density at radius 3 is 2.74 bits per heavy atom. The van der Waals surface area contributed by atoms with E-state index < -0.39 is 0 Å². The van der Waals surface area contributed by atoms with Gasteiger partial charge in [0, 0.05) is 17.3 Å². The topological polar surface area (TPSA) is 38.3 Å². The van der Waals surface area contributed by atoms with Crippen molar-refractivity contribution in [3.8, 4) is 0 Å². The van der Waals surface area contributed by atoms with Crippen molar-refractivity contribution in [2.75, 3.05) is 12.4 Å². The Bertz CT molecular complexity index is 584. The standard InChI is InChI=1S/C15H14ClNO2/c1-19-15(18)14-8-3-2-5-11(14)10-17-13-7-4-6-12(16)9-13/h2-9,17H,10H2,1H3. The van der Waals surface area contributed by atoms with E-state index in [1.165, 1.54) is 7.11 Å². The fraction of sp³-hybridized carbons (Fsp3) is 0.133. The molecule has 0 bridgehead atoms. The van der Waals surface area contributed by atoms with Crippen LogP contribution < -0.4 is 5.32 Å². The molecule has 0 atom stereocenters. The second-order valence-electron chi connectivity index (χ2n) is 4.01. The summed E-state index contributed by atoms with van der Waals surface area (Å²) in [6, 6.07) is 14.8. The summed E-state index contributed by atoms with van der Waals surface area (Å²) in [5.41, 5.74) is 2.36. The normalized spacial score (nSPS) is 10.0. The molecule has 0 saturated heterocycles. The molecule has 0 saturated carbocycles. The number of halogens is 1. The number of carbonyl (C=O) groups excluding carboxylic acids is 1. The van der Waals surface area contributed by atoms with E-state index >= 15 is 0 Å². The van der Waals surface area contributed by atoms with Crippen molar-refractivity contribution in [1.29, 1.82) is 0 Å². The van der Waals surface area contributed by atoms with Crippen LogP contribution in [0, 0.1) is 0 Å². The van der Waals surface area contributed by atoms with Gasteiger partial charge in [-0.05, 0) is 29.8 Å². The van der Waals surface area contributed by atoms with Crippen molar-refractivity contribution in [3.05, 3.63) is 64.7 Å². The molecule has 0 spiro atoms. The summed E-state index contributed by atoms with van der Waals surface area (Å²) >= 11 is 5.92. The summed E-state index contributed by atoms with van der Waals surface area (Å²) < 4.78 is 4.76. The van der Waals surface area contributed by atoms with Gasteiger partial charge in [0.15, 0.2) is 0 Å². The van der Waals surface area contributed by atoms with Gasteiger partial charge in [-0.25, -0.2) is 4.79 Å². The molecule has 1 N–H and O–H groups in total. The number of methoxy groups -OCH3 is 1. The van der Waals surface area contributed by atoms with Crippen LogP contribution in [0.3, 0.4) is 0 Å². The molecule has 2 rings (SSSR count). The number of benzene rings is 2. The van der Waals surface area contributed by atoms with Crippen LogP contribution in [0.5, 0.6) is 0 Å². The second kappa shape index (κ2) is 6.25. The number of carbonyl (C=O) groups is 1. The lowest BCUT2D eigenvalue weighted by Crippen LogP contribution is -2.09. The van der Waals surface area contributed by atoms with Crippen LogP contribution in [0.15, 0.2) is 48.5 Å². The Kier molecular flexibility index (Phi) is 4.42. The first-order valence-electron chi connectivity index (χ1n) is 5.86. The number of rotatable bonds is 4.